The molecule has 3 amide bonds. The van der Waals surface area contributed by atoms with Gasteiger partial charge in [0.1, 0.15) is 10.2 Å². The molecule has 4 N–H and O–H groups in total. The molecule has 1 heterocycles. The molecule has 2 rings (SSSR count). The van der Waals surface area contributed by atoms with Gasteiger partial charge in [-0.1, -0.05) is 0 Å². The number of nitrogens with one attached hydrogen (secondary N) is 1. The molecule has 0 radical (unpaired) electrons. The number of carbonyl (C=O) groups excluding carboxylic acids is 2. The van der Waals surface area contributed by atoms with Gasteiger partial charge in [-0.3, -0.25) is 20.2 Å². The van der Waals surface area contributed by atoms with E-state index in [4.69, 9.17) is 5.73 Å². The second-order valence-electron chi connectivity index (χ2n) is 4.60. The molecular weight excluding hydrogens is 454 g/mol. The van der Waals surface area contributed by atoms with Crippen LogP contribution in [0.2, 0.25) is 0 Å². The predicted molar refractivity (Wildman–Crippen MR) is 89.3 cm³/mol. The number of hydrogen-bond acceptors (Lipinski definition) is 7. The van der Waals surface area contributed by atoms with Crippen LogP contribution in [0.4, 0.5) is 10.5 Å². The Labute approximate surface area is 150 Å². The van der Waals surface area contributed by atoms with Crippen LogP contribution in [0.25, 0.3) is 11.0 Å². The third-order valence-corrected chi connectivity index (χ3v) is 4.85. The summed E-state index contributed by atoms with van der Waals surface area (Å²) in [6, 6.07) is 0.299. The maximum atomic E-state index is 12.0. The van der Waals surface area contributed by atoms with Gasteiger partial charge in [-0.05, 0) is 44.8 Å². The number of rotatable bonds is 3. The van der Waals surface area contributed by atoms with Crippen molar-refractivity contribution in [3.63, 3.8) is 0 Å². The number of benzene rings is 1. The molecule has 1 atom stereocenters. The monoisotopic (exact) mass is 461 g/mol. The van der Waals surface area contributed by atoms with Gasteiger partial charge in [0, 0.05) is 4.47 Å². The fourth-order valence-corrected chi connectivity index (χ4v) is 2.78. The number of imide groups is 1. The summed E-state index contributed by atoms with van der Waals surface area (Å²) in [5, 5.41) is 22.9. The van der Waals surface area contributed by atoms with E-state index in [9.17, 15) is 24.8 Å². The predicted octanol–water partition coefficient (Wildman–Crippen LogP) is 1.92. The number of aromatic nitrogens is 2. The van der Waals surface area contributed by atoms with Crippen LogP contribution >= 0.6 is 31.9 Å². The highest BCUT2D eigenvalue weighted by Crippen LogP contribution is 2.38. The third kappa shape index (κ3) is 3.34. The van der Waals surface area contributed by atoms with Crippen molar-refractivity contribution >= 4 is 60.5 Å². The smallest absolute Gasteiger partial charge is 0.319 e. The minimum atomic E-state index is -1.27. The summed E-state index contributed by atoms with van der Waals surface area (Å²) >= 11 is 6.23. The molecule has 12 heteroatoms. The lowest BCUT2D eigenvalue weighted by Crippen LogP contribution is -2.36. The van der Waals surface area contributed by atoms with Crippen LogP contribution in [0.15, 0.2) is 15.0 Å². The average Bonchev–Trinajstić information content (AvgIpc) is 2.46. The molecular formula is C12H9Br2N5O5. The normalized spacial score (nSPS) is 12.0. The standard InChI is InChI=1S/C12H9Br2N5O5/c1-3(20)7-9(11(21)18-12(15)22)16-5-2-4(13)6(14)10(19(23)24)8(5)17-7/h2-3,20H,1H3,(H3,15,18,21,22). The Kier molecular flexibility index (Phi) is 5.11. The molecule has 2 aromatic rings. The number of aliphatic hydroxyl groups excluding tert-OH is 1. The quantitative estimate of drug-likeness (QED) is 0.463. The van der Waals surface area contributed by atoms with Gasteiger partial charge >= 0.3 is 11.7 Å². The van der Waals surface area contributed by atoms with Crippen LogP contribution in [0.3, 0.4) is 0 Å². The molecule has 24 heavy (non-hydrogen) atoms. The zero-order valence-electron chi connectivity index (χ0n) is 11.9. The second-order valence-corrected chi connectivity index (χ2v) is 6.24. The summed E-state index contributed by atoms with van der Waals surface area (Å²) in [6.07, 6.45) is -1.27. The van der Waals surface area contributed by atoms with E-state index in [1.807, 2.05) is 5.32 Å². The second kappa shape index (κ2) is 6.75. The molecule has 126 valence electrons. The zero-order valence-corrected chi connectivity index (χ0v) is 15.1. The lowest BCUT2D eigenvalue weighted by atomic mass is 10.1. The van der Waals surface area contributed by atoms with E-state index >= 15 is 0 Å². The number of nitro benzene ring substituents is 1. The number of fused-ring (bicyclic) bond motifs is 1. The van der Waals surface area contributed by atoms with Gasteiger partial charge in [-0.15, -0.1) is 0 Å². The Bertz CT molecular complexity index is 886. The molecule has 0 aliphatic carbocycles. The maximum Gasteiger partial charge on any atom is 0.319 e. The summed E-state index contributed by atoms with van der Waals surface area (Å²) in [5.74, 6) is -0.977. The highest BCUT2D eigenvalue weighted by atomic mass is 79.9. The van der Waals surface area contributed by atoms with Crippen LogP contribution in [-0.2, 0) is 0 Å². The SMILES string of the molecule is CC(O)c1nc2c([N+](=O)[O-])c(Br)c(Br)cc2nc1C(=O)NC(N)=O. The summed E-state index contributed by atoms with van der Waals surface area (Å²) in [6.45, 7) is 1.30. The molecule has 0 fully saturated rings. The first-order valence-corrected chi connectivity index (χ1v) is 7.85. The van der Waals surface area contributed by atoms with Gasteiger partial charge in [0.25, 0.3) is 5.91 Å². The van der Waals surface area contributed by atoms with Crippen LogP contribution in [-0.4, -0.2) is 31.9 Å². The molecule has 1 aromatic heterocycles. The number of primary amides is 1. The Hall–Kier alpha value is -2.18. The Morgan fingerprint density at radius 1 is 1.42 bits per heavy atom. The number of hydrogen-bond donors (Lipinski definition) is 3. The molecule has 0 saturated heterocycles. The van der Waals surface area contributed by atoms with E-state index in [2.05, 4.69) is 41.8 Å². The lowest BCUT2D eigenvalue weighted by molar-refractivity contribution is -0.384. The summed E-state index contributed by atoms with van der Waals surface area (Å²) < 4.78 is 0.460. The van der Waals surface area contributed by atoms with E-state index in [1.165, 1.54) is 13.0 Å². The van der Waals surface area contributed by atoms with Crippen molar-refractivity contribution in [3.8, 4) is 0 Å². The van der Waals surface area contributed by atoms with Crippen molar-refractivity contribution in [3.05, 3.63) is 36.5 Å². The number of halogens is 2. The number of aliphatic hydroxyl groups is 1. The van der Waals surface area contributed by atoms with Crippen molar-refractivity contribution in [2.24, 2.45) is 5.73 Å². The molecule has 0 aliphatic heterocycles. The average molecular weight is 463 g/mol. The largest absolute Gasteiger partial charge is 0.387 e. The zero-order chi connectivity index (χ0) is 18.2. The van der Waals surface area contributed by atoms with Gasteiger partial charge in [-0.2, -0.15) is 0 Å². The van der Waals surface area contributed by atoms with Crippen LogP contribution < -0.4 is 11.1 Å². The van der Waals surface area contributed by atoms with Crippen molar-refractivity contribution in [2.45, 2.75) is 13.0 Å². The maximum absolute atomic E-state index is 12.0. The number of nitrogens with zero attached hydrogens (tertiary/aromatic N) is 3. The Balaban J connectivity index is 2.85. The van der Waals surface area contributed by atoms with Crippen molar-refractivity contribution in [1.82, 2.24) is 15.3 Å². The van der Waals surface area contributed by atoms with Crippen molar-refractivity contribution in [1.29, 1.82) is 0 Å². The highest BCUT2D eigenvalue weighted by Gasteiger charge is 2.27. The lowest BCUT2D eigenvalue weighted by Gasteiger charge is -2.12. The fourth-order valence-electron chi connectivity index (χ4n) is 1.93. The number of nitrogens with two attached hydrogens (primary N) is 1. The molecule has 1 aromatic carbocycles. The Morgan fingerprint density at radius 2 is 2.04 bits per heavy atom. The molecule has 0 spiro atoms. The van der Waals surface area contributed by atoms with Crippen LogP contribution in [0, 0.1) is 10.1 Å². The van der Waals surface area contributed by atoms with Crippen molar-refractivity contribution in [2.75, 3.05) is 0 Å². The van der Waals surface area contributed by atoms with Gasteiger partial charge in [0.05, 0.1) is 16.5 Å². The van der Waals surface area contributed by atoms with Gasteiger partial charge in [-0.25, -0.2) is 14.8 Å². The number of nitro groups is 1. The third-order valence-electron chi connectivity index (χ3n) is 2.89. The first-order valence-electron chi connectivity index (χ1n) is 6.26. The topological polar surface area (TPSA) is 161 Å². The van der Waals surface area contributed by atoms with E-state index < -0.39 is 23.0 Å². The fraction of sp³-hybridized carbons (Fsp3) is 0.167. The molecule has 10 nitrogen and oxygen atoms in total. The minimum Gasteiger partial charge on any atom is -0.387 e. The van der Waals surface area contributed by atoms with Crippen LogP contribution in [0.5, 0.6) is 0 Å². The molecule has 0 aliphatic rings. The minimum absolute atomic E-state index is 0.0239. The summed E-state index contributed by atoms with van der Waals surface area (Å²) in [4.78, 5) is 41.5. The van der Waals surface area contributed by atoms with E-state index in [0.29, 0.717) is 4.47 Å². The first-order chi connectivity index (χ1) is 11.1. The van der Waals surface area contributed by atoms with Crippen LogP contribution in [0.1, 0.15) is 29.2 Å². The Morgan fingerprint density at radius 3 is 2.54 bits per heavy atom. The number of urea groups is 1. The van der Waals surface area contributed by atoms with Gasteiger partial charge in [0.2, 0.25) is 0 Å². The number of amides is 3. The van der Waals surface area contributed by atoms with E-state index in [1.54, 1.807) is 0 Å². The molecule has 0 bridgehead atoms. The van der Waals surface area contributed by atoms with Gasteiger partial charge < -0.3 is 10.8 Å². The molecule has 0 saturated carbocycles. The van der Waals surface area contributed by atoms with Gasteiger partial charge in [0.15, 0.2) is 11.2 Å². The van der Waals surface area contributed by atoms with Crippen molar-refractivity contribution < 1.29 is 19.6 Å². The number of carbonyl (C=O) groups is 2. The summed E-state index contributed by atoms with van der Waals surface area (Å²) in [5.41, 5.74) is 3.83. The molecule has 1 unspecified atom stereocenters. The first kappa shape index (κ1) is 18.2. The highest BCUT2D eigenvalue weighted by molar-refractivity contribution is 9.13. The van der Waals surface area contributed by atoms with E-state index in [0.717, 1.165) is 0 Å². The van der Waals surface area contributed by atoms with E-state index in [-0.39, 0.29) is 32.6 Å². The summed E-state index contributed by atoms with van der Waals surface area (Å²) in [7, 11) is 0.